The predicted molar refractivity (Wildman–Crippen MR) is 167 cm³/mol. The zero-order valence-electron chi connectivity index (χ0n) is 23.0. The van der Waals surface area contributed by atoms with Gasteiger partial charge in [0, 0.05) is 16.5 Å². The number of fused-ring (bicyclic) bond motifs is 3. The van der Waals surface area contributed by atoms with Crippen molar-refractivity contribution in [2.75, 3.05) is 6.61 Å². The van der Waals surface area contributed by atoms with Crippen molar-refractivity contribution in [3.8, 4) is 5.75 Å². The molecule has 0 aliphatic carbocycles. The Hall–Kier alpha value is -4.96. The molecule has 4 nitrogen and oxygen atoms in total. The maximum atomic E-state index is 13.4. The summed E-state index contributed by atoms with van der Waals surface area (Å²) in [7, 11) is 0. The third kappa shape index (κ3) is 6.12. The van der Waals surface area contributed by atoms with E-state index in [1.165, 1.54) is 6.42 Å². The number of carbonyl (C=O) groups excluding carboxylic acids is 1. The molecule has 0 saturated heterocycles. The van der Waals surface area contributed by atoms with Gasteiger partial charge in [0.05, 0.1) is 12.2 Å². The number of ether oxygens (including phenoxy) is 1. The van der Waals surface area contributed by atoms with Gasteiger partial charge in [-0.25, -0.2) is 4.79 Å². The molecule has 0 bridgehead atoms. The number of carboxylic acids is 1. The SMILES string of the molecule is CCCCCOc1ccc(C(=O)c2cccc3ccccc23)c2ccccc12.O=C(O)c1cccc2ccccc12. The highest BCUT2D eigenvalue weighted by atomic mass is 16.5. The number of rotatable bonds is 8. The molecule has 6 aromatic rings. The van der Waals surface area contributed by atoms with Gasteiger partial charge in [0.1, 0.15) is 5.75 Å². The maximum Gasteiger partial charge on any atom is 0.336 e. The second-order valence-corrected chi connectivity index (χ2v) is 9.90. The lowest BCUT2D eigenvalue weighted by molar-refractivity contribution is 0.0699. The molecule has 0 heterocycles. The van der Waals surface area contributed by atoms with Gasteiger partial charge in [0.15, 0.2) is 5.78 Å². The van der Waals surface area contributed by atoms with Crippen LogP contribution in [0, 0.1) is 0 Å². The lowest BCUT2D eigenvalue weighted by Gasteiger charge is -2.13. The third-order valence-electron chi connectivity index (χ3n) is 7.19. The summed E-state index contributed by atoms with van der Waals surface area (Å²) in [6.07, 6.45) is 3.37. The third-order valence-corrected chi connectivity index (χ3v) is 7.19. The Labute approximate surface area is 239 Å². The summed E-state index contributed by atoms with van der Waals surface area (Å²) in [6.45, 7) is 2.89. The quantitative estimate of drug-likeness (QED) is 0.154. The van der Waals surface area contributed by atoms with Gasteiger partial charge in [-0.15, -0.1) is 0 Å². The van der Waals surface area contributed by atoms with Crippen molar-refractivity contribution < 1.29 is 19.4 Å². The van der Waals surface area contributed by atoms with Crippen molar-refractivity contribution >= 4 is 44.1 Å². The molecule has 0 radical (unpaired) electrons. The molecule has 0 aliphatic rings. The van der Waals surface area contributed by atoms with Crippen LogP contribution < -0.4 is 4.74 Å². The van der Waals surface area contributed by atoms with E-state index in [9.17, 15) is 9.59 Å². The van der Waals surface area contributed by atoms with Crippen molar-refractivity contribution in [2.45, 2.75) is 26.2 Å². The molecular weight excluding hydrogens is 508 g/mol. The van der Waals surface area contributed by atoms with Crippen molar-refractivity contribution in [3.63, 3.8) is 0 Å². The van der Waals surface area contributed by atoms with Gasteiger partial charge >= 0.3 is 5.97 Å². The monoisotopic (exact) mass is 540 g/mol. The Kier molecular flexibility index (Phi) is 8.70. The first-order chi connectivity index (χ1) is 20.1. The molecule has 0 saturated carbocycles. The maximum absolute atomic E-state index is 13.4. The largest absolute Gasteiger partial charge is 0.493 e. The Morgan fingerprint density at radius 3 is 1.71 bits per heavy atom. The zero-order valence-corrected chi connectivity index (χ0v) is 23.0. The van der Waals surface area contributed by atoms with Gasteiger partial charge < -0.3 is 9.84 Å². The number of aromatic carboxylic acids is 1. The molecule has 41 heavy (non-hydrogen) atoms. The molecule has 1 N–H and O–H groups in total. The Balaban J connectivity index is 0.000000216. The van der Waals surface area contributed by atoms with Gasteiger partial charge in [-0.2, -0.15) is 0 Å². The van der Waals surface area contributed by atoms with Crippen LogP contribution in [0.2, 0.25) is 0 Å². The molecule has 0 amide bonds. The van der Waals surface area contributed by atoms with Crippen LogP contribution in [-0.2, 0) is 0 Å². The average Bonchev–Trinajstić information content (AvgIpc) is 3.02. The van der Waals surface area contributed by atoms with Crippen LogP contribution in [0.4, 0.5) is 0 Å². The van der Waals surface area contributed by atoms with Gasteiger partial charge in [-0.1, -0.05) is 123 Å². The fourth-order valence-corrected chi connectivity index (χ4v) is 5.11. The lowest BCUT2D eigenvalue weighted by Crippen LogP contribution is -2.04. The summed E-state index contributed by atoms with van der Waals surface area (Å²) >= 11 is 0. The van der Waals surface area contributed by atoms with Crippen molar-refractivity contribution in [1.29, 1.82) is 0 Å². The van der Waals surface area contributed by atoms with E-state index in [2.05, 4.69) is 6.92 Å². The number of unbranched alkanes of at least 4 members (excludes halogenated alkanes) is 2. The van der Waals surface area contributed by atoms with Crippen LogP contribution in [-0.4, -0.2) is 23.5 Å². The minimum atomic E-state index is -0.878. The van der Waals surface area contributed by atoms with Crippen LogP contribution >= 0.6 is 0 Å². The Morgan fingerprint density at radius 1 is 0.561 bits per heavy atom. The van der Waals surface area contributed by atoms with Crippen molar-refractivity contribution in [1.82, 2.24) is 0 Å². The number of carbonyl (C=O) groups is 2. The fourth-order valence-electron chi connectivity index (χ4n) is 5.11. The first-order valence-electron chi connectivity index (χ1n) is 14.0. The lowest BCUT2D eigenvalue weighted by atomic mass is 9.93. The first-order valence-corrected chi connectivity index (χ1v) is 14.0. The average molecular weight is 541 g/mol. The number of benzene rings is 6. The van der Waals surface area contributed by atoms with E-state index in [0.29, 0.717) is 17.7 Å². The van der Waals surface area contributed by atoms with Gasteiger partial charge in [0.2, 0.25) is 0 Å². The van der Waals surface area contributed by atoms with E-state index < -0.39 is 5.97 Å². The molecule has 6 aromatic carbocycles. The Bertz CT molecular complexity index is 1830. The number of carboxylic acid groups (broad SMARTS) is 1. The minimum Gasteiger partial charge on any atom is -0.493 e. The van der Waals surface area contributed by atoms with Crippen LogP contribution in [0.1, 0.15) is 52.5 Å². The summed E-state index contributed by atoms with van der Waals surface area (Å²) < 4.78 is 6.02. The molecule has 0 aromatic heterocycles. The van der Waals surface area contributed by atoms with E-state index in [0.717, 1.165) is 56.5 Å². The molecule has 0 aliphatic heterocycles. The van der Waals surface area contributed by atoms with Crippen LogP contribution in [0.25, 0.3) is 32.3 Å². The van der Waals surface area contributed by atoms with E-state index in [1.54, 1.807) is 12.1 Å². The van der Waals surface area contributed by atoms with Gasteiger partial charge in [0.25, 0.3) is 0 Å². The standard InChI is InChI=1S/C26H24O2.C11H8O2/c1-2-3-8-18-28-25-17-16-24(21-13-6-7-14-22(21)25)26(27)23-15-9-11-19-10-4-5-12-20(19)23;12-11(13)10-7-3-5-8-4-1-2-6-9(8)10/h4-7,9-17H,2-3,8,18H2,1H3;1-7H,(H,12,13). The van der Waals surface area contributed by atoms with E-state index in [1.807, 2.05) is 109 Å². The van der Waals surface area contributed by atoms with E-state index in [4.69, 9.17) is 9.84 Å². The highest BCUT2D eigenvalue weighted by molar-refractivity contribution is 6.21. The summed E-state index contributed by atoms with van der Waals surface area (Å²) in [5, 5.41) is 14.6. The van der Waals surface area contributed by atoms with Crippen molar-refractivity contribution in [2.24, 2.45) is 0 Å². The highest BCUT2D eigenvalue weighted by Crippen LogP contribution is 2.31. The summed E-state index contributed by atoms with van der Waals surface area (Å²) in [6, 6.07) is 38.5. The van der Waals surface area contributed by atoms with Crippen LogP contribution in [0.5, 0.6) is 5.75 Å². The van der Waals surface area contributed by atoms with Gasteiger partial charge in [-0.3, -0.25) is 4.79 Å². The highest BCUT2D eigenvalue weighted by Gasteiger charge is 2.17. The summed E-state index contributed by atoms with van der Waals surface area (Å²) in [4.78, 5) is 24.3. The normalized spacial score (nSPS) is 10.8. The topological polar surface area (TPSA) is 63.6 Å². The predicted octanol–water partition coefficient (Wildman–Crippen LogP) is 9.33. The van der Waals surface area contributed by atoms with Crippen LogP contribution in [0.15, 0.2) is 121 Å². The number of hydrogen-bond donors (Lipinski definition) is 1. The second-order valence-electron chi connectivity index (χ2n) is 9.90. The molecule has 0 spiro atoms. The van der Waals surface area contributed by atoms with E-state index >= 15 is 0 Å². The number of ketones is 1. The molecule has 6 rings (SSSR count). The van der Waals surface area contributed by atoms with Gasteiger partial charge in [-0.05, 0) is 51.6 Å². The minimum absolute atomic E-state index is 0.0468. The molecule has 0 unspecified atom stereocenters. The molecular formula is C37H32O4. The van der Waals surface area contributed by atoms with Crippen molar-refractivity contribution in [3.05, 3.63) is 138 Å². The Morgan fingerprint density at radius 2 is 1.07 bits per heavy atom. The summed E-state index contributed by atoms with van der Waals surface area (Å²) in [5.74, 6) is 0.0171. The summed E-state index contributed by atoms with van der Waals surface area (Å²) in [5.41, 5.74) is 1.81. The second kappa shape index (κ2) is 12.9. The smallest absolute Gasteiger partial charge is 0.336 e. The van der Waals surface area contributed by atoms with Crippen LogP contribution in [0.3, 0.4) is 0 Å². The fraction of sp³-hybridized carbons (Fsp3) is 0.135. The zero-order chi connectivity index (χ0) is 28.6. The molecule has 204 valence electrons. The molecule has 4 heteroatoms. The molecule has 0 fully saturated rings. The van der Waals surface area contributed by atoms with E-state index in [-0.39, 0.29) is 5.78 Å². The number of hydrogen-bond acceptors (Lipinski definition) is 3. The molecule has 0 atom stereocenters. The first kappa shape index (κ1) is 27.6.